The van der Waals surface area contributed by atoms with E-state index in [-0.39, 0.29) is 61.2 Å². The zero-order valence-corrected chi connectivity index (χ0v) is 39.3. The number of carbonyl (C=O) groups excluding carboxylic acids is 5. The number of aliphatic hydroxyl groups is 3. The van der Waals surface area contributed by atoms with Crippen LogP contribution in [-0.4, -0.2) is 119 Å². The highest BCUT2D eigenvalue weighted by Crippen LogP contribution is 2.37. The van der Waals surface area contributed by atoms with Gasteiger partial charge in [0.25, 0.3) is 11.7 Å². The third-order valence-corrected chi connectivity index (χ3v) is 14.1. The van der Waals surface area contributed by atoms with Crippen molar-refractivity contribution in [2.45, 2.75) is 180 Å². The monoisotopic (exact) mass is 884 g/mol. The van der Waals surface area contributed by atoms with Gasteiger partial charge in [0.15, 0.2) is 5.78 Å². The van der Waals surface area contributed by atoms with Gasteiger partial charge in [-0.2, -0.15) is 0 Å². The first-order valence-electron chi connectivity index (χ1n) is 23.4. The Morgan fingerprint density at radius 3 is 2.29 bits per heavy atom. The van der Waals surface area contributed by atoms with Gasteiger partial charge in [0.2, 0.25) is 5.79 Å². The summed E-state index contributed by atoms with van der Waals surface area (Å²) in [6, 6.07) is -1.12. The summed E-state index contributed by atoms with van der Waals surface area (Å²) in [5, 5.41) is 34.3. The van der Waals surface area contributed by atoms with Crippen LogP contribution in [-0.2, 0) is 42.9 Å². The van der Waals surface area contributed by atoms with Gasteiger partial charge < -0.3 is 39.2 Å². The van der Waals surface area contributed by atoms with Crippen LogP contribution < -0.4 is 0 Å². The van der Waals surface area contributed by atoms with Crippen molar-refractivity contribution < 1.29 is 58.2 Å². The van der Waals surface area contributed by atoms with E-state index in [9.17, 15) is 39.3 Å². The molecule has 354 valence electrons. The molecule has 13 nitrogen and oxygen atoms in total. The molecule has 14 atom stereocenters. The van der Waals surface area contributed by atoms with E-state index in [1.54, 1.807) is 53.0 Å². The molecule has 0 aromatic rings. The number of rotatable bonds is 5. The maximum atomic E-state index is 14.3. The first kappa shape index (κ1) is 52.3. The third kappa shape index (κ3) is 14.1. The summed E-state index contributed by atoms with van der Waals surface area (Å²) in [6.45, 7) is 12.6. The van der Waals surface area contributed by atoms with Crippen LogP contribution in [0.1, 0.15) is 132 Å². The van der Waals surface area contributed by atoms with Crippen LogP contribution in [0.2, 0.25) is 0 Å². The van der Waals surface area contributed by atoms with Gasteiger partial charge in [0.05, 0.1) is 18.3 Å². The van der Waals surface area contributed by atoms with Gasteiger partial charge in [0.1, 0.15) is 30.1 Å². The number of Topliss-reactive ketones (excluding diaryl/α,β-unsaturated/α-hetero) is 3. The van der Waals surface area contributed by atoms with Crippen molar-refractivity contribution in [1.82, 2.24) is 4.90 Å². The molecule has 4 aliphatic rings. The Kier molecular flexibility index (Phi) is 20.1. The van der Waals surface area contributed by atoms with Crippen molar-refractivity contribution in [1.29, 1.82) is 0 Å². The van der Waals surface area contributed by atoms with Crippen LogP contribution in [0.25, 0.3) is 0 Å². The topological polar surface area (TPSA) is 186 Å². The highest BCUT2D eigenvalue weighted by Gasteiger charge is 2.53. The Hall–Kier alpha value is -3.33. The van der Waals surface area contributed by atoms with E-state index in [1.165, 1.54) is 12.0 Å². The van der Waals surface area contributed by atoms with Gasteiger partial charge in [-0.3, -0.25) is 19.2 Å². The number of hydrogen-bond donors (Lipinski definition) is 3. The summed E-state index contributed by atoms with van der Waals surface area (Å²) in [7, 11) is 3.09. The first-order chi connectivity index (χ1) is 29.8. The number of allylic oxidation sites excluding steroid dienone is 6. The van der Waals surface area contributed by atoms with E-state index in [4.69, 9.17) is 18.9 Å². The third-order valence-electron chi connectivity index (χ3n) is 14.1. The molecule has 2 saturated heterocycles. The predicted molar refractivity (Wildman–Crippen MR) is 239 cm³/mol. The predicted octanol–water partition coefficient (Wildman–Crippen LogP) is 6.56. The molecule has 1 unspecified atom stereocenters. The number of methoxy groups -OCH3 is 2. The smallest absolute Gasteiger partial charge is 0.329 e. The molecule has 3 aliphatic heterocycles. The second-order valence-corrected chi connectivity index (χ2v) is 19.3. The lowest BCUT2D eigenvalue weighted by atomic mass is 9.79. The van der Waals surface area contributed by atoms with Crippen molar-refractivity contribution >= 4 is 29.2 Å². The van der Waals surface area contributed by atoms with Gasteiger partial charge in [-0.05, 0) is 101 Å². The van der Waals surface area contributed by atoms with Crippen LogP contribution >= 0.6 is 0 Å². The molecule has 0 spiro atoms. The maximum Gasteiger partial charge on any atom is 0.329 e. The molecule has 4 rings (SSSR count). The van der Waals surface area contributed by atoms with Crippen molar-refractivity contribution in [3.63, 3.8) is 0 Å². The highest BCUT2D eigenvalue weighted by molar-refractivity contribution is 6.39. The molecular formula is C50H77NO12. The number of aliphatic hydroxyl groups excluding tert-OH is 2. The molecule has 3 N–H and O–H groups in total. The largest absolute Gasteiger partial charge is 0.460 e. The summed E-state index contributed by atoms with van der Waals surface area (Å²) < 4.78 is 23.5. The van der Waals surface area contributed by atoms with Crippen LogP contribution in [0.4, 0.5) is 0 Å². The number of cyclic esters (lactones) is 1. The standard InChI is InChI=1S/C50H77NO12/c1-30-16-11-10-12-17-31(2)41(52)28-39-22-21-36(7)50(59,63-39)47(56)48(57)51-23-14-13-20-40(51)49(58)62-43(33(4)26-37-18-15-19-38(27-37)60-8)29-42(53)32(3)25-35(6)45(55)46(61-9)44(54)34(5)24-30/h10-12,16-17,25,30,32-34,36-41,43,45-46,52,55,59H,13-15,18-24,26-29H2,1-9H3/b12-10+,16-11+,31-17+,35-25+/t30-,32-,33-,34-,36-,37+,38+,39+,40?,41+,43+,45-,46+,50-/m1/s1. The van der Waals surface area contributed by atoms with Crippen LogP contribution in [0.5, 0.6) is 0 Å². The van der Waals surface area contributed by atoms with E-state index in [2.05, 4.69) is 0 Å². The van der Waals surface area contributed by atoms with Gasteiger partial charge in [-0.1, -0.05) is 83.9 Å². The lowest BCUT2D eigenvalue weighted by Crippen LogP contribution is -2.61. The number of nitrogens with zero attached hydrogens (tertiary/aromatic N) is 1. The second kappa shape index (κ2) is 24.3. The van der Waals surface area contributed by atoms with E-state index >= 15 is 0 Å². The number of carbonyl (C=O) groups is 5. The van der Waals surface area contributed by atoms with E-state index in [0.29, 0.717) is 49.7 Å². The minimum atomic E-state index is -2.46. The fourth-order valence-corrected chi connectivity index (χ4v) is 9.86. The number of esters is 1. The number of ether oxygens (including phenoxy) is 4. The average molecular weight is 884 g/mol. The normalized spacial score (nSPS) is 40.1. The molecule has 0 radical (unpaired) electrons. The zero-order valence-electron chi connectivity index (χ0n) is 39.3. The molecular weight excluding hydrogens is 807 g/mol. The SMILES string of the molecule is CO[C@H]1CCC[C@@H](C[C@@H](C)[C@@H]2CC(=O)[C@H](C)/C=C(\C)[C@@H](O)[C@@H](OC)C(=O)[C@H](C)C[C@H](C)/C=C/C=C/C=C(\C)[C@@H](O)C[C@@H]3CC[C@@H](C)[C@@](O)(O3)C(=O)C(=O)N3CCCCC3C(=O)O2)C1. The van der Waals surface area contributed by atoms with Gasteiger partial charge >= 0.3 is 5.97 Å². The van der Waals surface area contributed by atoms with Crippen LogP contribution in [0.15, 0.2) is 47.6 Å². The van der Waals surface area contributed by atoms with Crippen LogP contribution in [0.3, 0.4) is 0 Å². The van der Waals surface area contributed by atoms with Crippen molar-refractivity contribution in [2.24, 2.45) is 35.5 Å². The molecule has 3 heterocycles. The fourth-order valence-electron chi connectivity index (χ4n) is 9.86. The van der Waals surface area contributed by atoms with Gasteiger partial charge in [-0.25, -0.2) is 4.79 Å². The van der Waals surface area contributed by atoms with Gasteiger partial charge in [-0.15, -0.1) is 0 Å². The Labute approximate surface area is 375 Å². The Bertz CT molecular complexity index is 1700. The van der Waals surface area contributed by atoms with Crippen molar-refractivity contribution in [3.8, 4) is 0 Å². The molecule has 0 aromatic carbocycles. The number of ketones is 3. The summed E-state index contributed by atoms with van der Waals surface area (Å²) in [6.07, 6.45) is 13.1. The molecule has 13 heteroatoms. The molecule has 1 aliphatic carbocycles. The molecule has 1 amide bonds. The Morgan fingerprint density at radius 2 is 1.59 bits per heavy atom. The van der Waals surface area contributed by atoms with E-state index < -0.39 is 77.8 Å². The highest BCUT2D eigenvalue weighted by atomic mass is 16.6. The van der Waals surface area contributed by atoms with E-state index in [0.717, 1.165) is 25.7 Å². The number of fused-ring (bicyclic) bond motifs is 3. The summed E-state index contributed by atoms with van der Waals surface area (Å²) >= 11 is 0. The molecule has 3 fully saturated rings. The lowest BCUT2D eigenvalue weighted by Gasteiger charge is -2.42. The van der Waals surface area contributed by atoms with Crippen LogP contribution in [0, 0.1) is 35.5 Å². The number of piperidine rings is 1. The van der Waals surface area contributed by atoms with E-state index in [1.807, 2.05) is 39.0 Å². The first-order valence-corrected chi connectivity index (χ1v) is 23.4. The molecule has 2 bridgehead atoms. The zero-order chi connectivity index (χ0) is 46.6. The minimum absolute atomic E-state index is 0.00753. The Morgan fingerprint density at radius 1 is 0.857 bits per heavy atom. The molecule has 63 heavy (non-hydrogen) atoms. The summed E-state index contributed by atoms with van der Waals surface area (Å²) in [4.78, 5) is 71.4. The molecule has 1 saturated carbocycles. The van der Waals surface area contributed by atoms with Crippen molar-refractivity contribution in [2.75, 3.05) is 20.8 Å². The maximum absolute atomic E-state index is 14.3. The lowest BCUT2D eigenvalue weighted by molar-refractivity contribution is -0.265. The second-order valence-electron chi connectivity index (χ2n) is 19.3. The Balaban J connectivity index is 1.69. The van der Waals surface area contributed by atoms with Gasteiger partial charge in [0, 0.05) is 51.4 Å². The van der Waals surface area contributed by atoms with Crippen molar-refractivity contribution in [3.05, 3.63) is 47.6 Å². The summed E-state index contributed by atoms with van der Waals surface area (Å²) in [5.41, 5.74) is 1.03. The quantitative estimate of drug-likeness (QED) is 0.154. The molecule has 0 aromatic heterocycles. The minimum Gasteiger partial charge on any atom is -0.460 e. The number of hydrogen-bond acceptors (Lipinski definition) is 12. The fraction of sp³-hybridized carbons (Fsp3) is 0.740. The summed E-state index contributed by atoms with van der Waals surface area (Å²) in [5.74, 6) is -7.73. The number of amides is 1. The average Bonchev–Trinajstić information content (AvgIpc) is 3.26.